The number of ether oxygens (including phenoxy) is 1. The minimum Gasteiger partial charge on any atom is -0.464 e. The summed E-state index contributed by atoms with van der Waals surface area (Å²) in [7, 11) is 0. The van der Waals surface area contributed by atoms with Gasteiger partial charge in [0.15, 0.2) is 0 Å². The molecule has 0 saturated carbocycles. The van der Waals surface area contributed by atoms with Crippen molar-refractivity contribution in [2.24, 2.45) is 5.92 Å². The molecule has 0 aromatic heterocycles. The van der Waals surface area contributed by atoms with Crippen molar-refractivity contribution in [2.45, 2.75) is 13.0 Å². The fraction of sp³-hybridized carbons (Fsp3) is 0.375. The van der Waals surface area contributed by atoms with E-state index in [0.717, 1.165) is 11.5 Å². The molecule has 8 heteroatoms. The Hall–Kier alpha value is -1.37. The van der Waals surface area contributed by atoms with E-state index in [1.165, 1.54) is 0 Å². The molecule has 2 N–H and O–H groups in total. The Morgan fingerprint density at radius 2 is 2.12 bits per heavy atom. The van der Waals surface area contributed by atoms with Gasteiger partial charge < -0.3 is 15.4 Å². The van der Waals surface area contributed by atoms with Gasteiger partial charge >= 0.3 is 12.0 Å². The second kappa shape index (κ2) is 8.65. The van der Waals surface area contributed by atoms with Gasteiger partial charge in [-0.25, -0.2) is 4.79 Å². The Balaban J connectivity index is 2.20. The van der Waals surface area contributed by atoms with Gasteiger partial charge in [0.2, 0.25) is 0 Å². The Kier molecular flexibility index (Phi) is 6.83. The first-order valence-electron chi connectivity index (χ1n) is 7.39. The van der Waals surface area contributed by atoms with Crippen molar-refractivity contribution in [1.29, 1.82) is 0 Å². The molecule has 1 fully saturated rings. The maximum absolute atomic E-state index is 12.5. The van der Waals surface area contributed by atoms with Crippen molar-refractivity contribution in [2.75, 3.05) is 18.1 Å². The highest BCUT2D eigenvalue weighted by molar-refractivity contribution is 7.99. The summed E-state index contributed by atoms with van der Waals surface area (Å²) in [5.41, 5.74) is 0.952. The zero-order valence-electron chi connectivity index (χ0n) is 13.1. The number of thioether (sulfide) groups is 1. The van der Waals surface area contributed by atoms with E-state index in [-0.39, 0.29) is 0 Å². The van der Waals surface area contributed by atoms with E-state index >= 15 is 0 Å². The molecule has 1 aliphatic rings. The van der Waals surface area contributed by atoms with E-state index in [1.807, 2.05) is 6.92 Å². The van der Waals surface area contributed by atoms with E-state index in [2.05, 4.69) is 17.2 Å². The average molecular weight is 389 g/mol. The SMILES string of the molecule is C=C1NC(=O)N[C@H](c2ccc(Cl)c(Cl)c2)[C@H]1C(=O)OCCSCC. The third kappa shape index (κ3) is 4.59. The Morgan fingerprint density at radius 1 is 1.38 bits per heavy atom. The molecule has 2 amide bonds. The van der Waals surface area contributed by atoms with Crippen molar-refractivity contribution < 1.29 is 14.3 Å². The van der Waals surface area contributed by atoms with E-state index in [4.69, 9.17) is 27.9 Å². The van der Waals surface area contributed by atoms with Crippen LogP contribution in [0.3, 0.4) is 0 Å². The molecule has 0 aliphatic carbocycles. The smallest absolute Gasteiger partial charge is 0.319 e. The molecule has 0 unspecified atom stereocenters. The van der Waals surface area contributed by atoms with Crippen LogP contribution in [0.15, 0.2) is 30.5 Å². The largest absolute Gasteiger partial charge is 0.464 e. The van der Waals surface area contributed by atoms with Crippen molar-refractivity contribution in [1.82, 2.24) is 10.6 Å². The molecule has 0 spiro atoms. The standard InChI is InChI=1S/C16H18Cl2N2O3S/c1-3-24-7-6-23-15(21)13-9(2)19-16(22)20-14(13)10-4-5-11(17)12(18)8-10/h4-5,8,13-14H,2-3,6-7H2,1H3,(H2,19,20,22)/t13-,14+/m0/s1. The first kappa shape index (κ1) is 19.0. The van der Waals surface area contributed by atoms with Crippen LogP contribution in [0.4, 0.5) is 4.79 Å². The van der Waals surface area contributed by atoms with Gasteiger partial charge in [-0.1, -0.05) is 42.8 Å². The second-order valence-corrected chi connectivity index (χ2v) is 7.33. The maximum atomic E-state index is 12.5. The molecule has 24 heavy (non-hydrogen) atoms. The fourth-order valence-electron chi connectivity index (χ4n) is 2.38. The van der Waals surface area contributed by atoms with Crippen molar-refractivity contribution >= 4 is 47.0 Å². The van der Waals surface area contributed by atoms with Crippen LogP contribution in [0.25, 0.3) is 0 Å². The molecule has 1 heterocycles. The predicted octanol–water partition coefficient (Wildman–Crippen LogP) is 3.77. The van der Waals surface area contributed by atoms with Crippen LogP contribution in [-0.4, -0.2) is 30.1 Å². The van der Waals surface area contributed by atoms with E-state index in [1.54, 1.807) is 30.0 Å². The first-order valence-corrected chi connectivity index (χ1v) is 9.30. The summed E-state index contributed by atoms with van der Waals surface area (Å²) < 4.78 is 5.32. The summed E-state index contributed by atoms with van der Waals surface area (Å²) in [6, 6.07) is 3.91. The quantitative estimate of drug-likeness (QED) is 0.574. The predicted molar refractivity (Wildman–Crippen MR) is 97.5 cm³/mol. The molecule has 2 atom stereocenters. The van der Waals surface area contributed by atoms with Crippen molar-refractivity contribution in [3.8, 4) is 0 Å². The minimum absolute atomic E-state index is 0.294. The van der Waals surface area contributed by atoms with Crippen LogP contribution in [0.2, 0.25) is 10.0 Å². The van der Waals surface area contributed by atoms with Crippen LogP contribution in [-0.2, 0) is 9.53 Å². The van der Waals surface area contributed by atoms with Crippen LogP contribution in [0.1, 0.15) is 18.5 Å². The summed E-state index contributed by atoms with van der Waals surface area (Å²) in [6.45, 7) is 6.14. The van der Waals surface area contributed by atoms with E-state index < -0.39 is 24.0 Å². The lowest BCUT2D eigenvalue weighted by molar-refractivity contribution is -0.147. The third-order valence-electron chi connectivity index (χ3n) is 3.50. The highest BCUT2D eigenvalue weighted by Gasteiger charge is 2.39. The highest BCUT2D eigenvalue weighted by atomic mass is 35.5. The number of esters is 1. The van der Waals surface area contributed by atoms with Gasteiger partial charge in [-0.2, -0.15) is 11.8 Å². The van der Waals surface area contributed by atoms with Crippen LogP contribution >= 0.6 is 35.0 Å². The van der Waals surface area contributed by atoms with Crippen molar-refractivity contribution in [3.05, 3.63) is 46.1 Å². The monoisotopic (exact) mass is 388 g/mol. The number of benzene rings is 1. The zero-order valence-corrected chi connectivity index (χ0v) is 15.4. The van der Waals surface area contributed by atoms with Crippen molar-refractivity contribution in [3.63, 3.8) is 0 Å². The number of hydrogen-bond acceptors (Lipinski definition) is 4. The zero-order chi connectivity index (χ0) is 17.7. The number of halogens is 2. The third-order valence-corrected chi connectivity index (χ3v) is 5.10. The maximum Gasteiger partial charge on any atom is 0.319 e. The molecule has 0 bridgehead atoms. The normalized spacial score (nSPS) is 20.3. The molecule has 0 radical (unpaired) electrons. The van der Waals surface area contributed by atoms with Gasteiger partial charge in [0, 0.05) is 11.4 Å². The Bertz CT molecular complexity index is 654. The lowest BCUT2D eigenvalue weighted by atomic mass is 9.89. The minimum atomic E-state index is -0.744. The number of rotatable bonds is 6. The lowest BCUT2D eigenvalue weighted by Gasteiger charge is -2.33. The average Bonchev–Trinajstić information content (AvgIpc) is 2.53. The summed E-state index contributed by atoms with van der Waals surface area (Å²) in [5.74, 6) is 0.488. The van der Waals surface area contributed by atoms with Gasteiger partial charge in [-0.15, -0.1) is 0 Å². The number of urea groups is 1. The van der Waals surface area contributed by atoms with Gasteiger partial charge in [0.05, 0.1) is 16.1 Å². The molecule has 130 valence electrons. The summed E-state index contributed by atoms with van der Waals surface area (Å²) in [5, 5.41) is 6.00. The van der Waals surface area contributed by atoms with Gasteiger partial charge in [0.1, 0.15) is 12.5 Å². The fourth-order valence-corrected chi connectivity index (χ4v) is 3.18. The van der Waals surface area contributed by atoms with Gasteiger partial charge in [-0.3, -0.25) is 4.79 Å². The Morgan fingerprint density at radius 3 is 2.79 bits per heavy atom. The Labute approximate surface area is 155 Å². The van der Waals surface area contributed by atoms with Crippen LogP contribution in [0, 0.1) is 5.92 Å². The molecule has 1 aromatic carbocycles. The molecule has 5 nitrogen and oxygen atoms in total. The van der Waals surface area contributed by atoms with Crippen LogP contribution < -0.4 is 10.6 Å². The van der Waals surface area contributed by atoms with Gasteiger partial charge in [0.25, 0.3) is 0 Å². The first-order chi connectivity index (χ1) is 11.4. The number of nitrogens with one attached hydrogen (secondary N) is 2. The number of carbonyl (C=O) groups is 2. The molecular weight excluding hydrogens is 371 g/mol. The molecule has 2 rings (SSSR count). The van der Waals surface area contributed by atoms with E-state index in [9.17, 15) is 9.59 Å². The molecule has 1 aromatic rings. The highest BCUT2D eigenvalue weighted by Crippen LogP contribution is 2.33. The summed E-state index contributed by atoms with van der Waals surface area (Å²) in [4.78, 5) is 24.3. The van der Waals surface area contributed by atoms with Crippen LogP contribution in [0.5, 0.6) is 0 Å². The van der Waals surface area contributed by atoms with E-state index in [0.29, 0.717) is 27.9 Å². The summed E-state index contributed by atoms with van der Waals surface area (Å²) >= 11 is 13.7. The number of carbonyl (C=O) groups excluding carboxylic acids is 2. The number of hydrogen-bond donors (Lipinski definition) is 2. The lowest BCUT2D eigenvalue weighted by Crippen LogP contribution is -2.51. The van der Waals surface area contributed by atoms with Gasteiger partial charge in [-0.05, 0) is 23.4 Å². The summed E-state index contributed by atoms with van der Waals surface area (Å²) in [6.07, 6.45) is 0. The second-order valence-electron chi connectivity index (χ2n) is 5.12. The molecule has 1 aliphatic heterocycles. The topological polar surface area (TPSA) is 67.4 Å². The molecule has 1 saturated heterocycles. The number of amides is 2. The molecular formula is C16H18Cl2N2O3S.